The first-order valence-corrected chi connectivity index (χ1v) is 8.33. The molecule has 0 aliphatic rings. The van der Waals surface area contributed by atoms with E-state index in [4.69, 9.17) is 28.4 Å². The van der Waals surface area contributed by atoms with E-state index in [2.05, 4.69) is 9.97 Å². The van der Waals surface area contributed by atoms with Crippen LogP contribution in [0, 0.1) is 6.92 Å². The summed E-state index contributed by atoms with van der Waals surface area (Å²) in [6.07, 6.45) is 0. The molecule has 0 aliphatic carbocycles. The second kappa shape index (κ2) is 6.10. The number of thiophene rings is 1. The highest BCUT2D eigenvalue weighted by atomic mass is 32.1. The molecule has 1 aromatic carbocycles. The predicted octanol–water partition coefficient (Wildman–Crippen LogP) is 3.54. The van der Waals surface area contributed by atoms with Crippen LogP contribution in [0.4, 0.5) is 11.4 Å². The summed E-state index contributed by atoms with van der Waals surface area (Å²) in [6.45, 7) is 4.24. The lowest BCUT2D eigenvalue weighted by molar-refractivity contribution is 0.338. The Hall–Kier alpha value is -2.25. The Balaban J connectivity index is 2.28. The number of anilines is 2. The van der Waals surface area contributed by atoms with Crippen molar-refractivity contribution in [3.8, 4) is 11.3 Å². The zero-order valence-electron chi connectivity index (χ0n) is 12.8. The molecule has 118 valence electrons. The number of ether oxygens (including phenoxy) is 1. The normalized spacial score (nSPS) is 10.9. The van der Waals surface area contributed by atoms with Crippen molar-refractivity contribution in [1.82, 2.24) is 9.97 Å². The highest BCUT2D eigenvalue weighted by Gasteiger charge is 2.20. The molecule has 4 N–H and O–H groups in total. The van der Waals surface area contributed by atoms with Crippen molar-refractivity contribution in [2.24, 2.45) is 0 Å². The number of aryl methyl sites for hydroxylation is 1. The van der Waals surface area contributed by atoms with Crippen molar-refractivity contribution in [3.63, 3.8) is 0 Å². The Kier molecular flexibility index (Phi) is 4.14. The number of fused-ring (bicyclic) bond motifs is 1. The number of nitrogen functional groups attached to an aromatic ring is 2. The molecule has 0 spiro atoms. The molecule has 0 fully saturated rings. The predicted molar refractivity (Wildman–Crippen MR) is 99.7 cm³/mol. The van der Waals surface area contributed by atoms with Gasteiger partial charge in [-0.3, -0.25) is 0 Å². The Labute approximate surface area is 143 Å². The minimum Gasteiger partial charge on any atom is -0.483 e. The van der Waals surface area contributed by atoms with E-state index >= 15 is 0 Å². The molecule has 3 rings (SSSR count). The maximum Gasteiger partial charge on any atom is 0.203 e. The van der Waals surface area contributed by atoms with E-state index in [1.165, 1.54) is 11.3 Å². The fourth-order valence-electron chi connectivity index (χ4n) is 2.37. The van der Waals surface area contributed by atoms with Crippen LogP contribution in [0.3, 0.4) is 0 Å². The molecule has 0 aliphatic heterocycles. The number of thiocarbonyl (C=S) groups is 1. The van der Waals surface area contributed by atoms with Gasteiger partial charge >= 0.3 is 0 Å². The van der Waals surface area contributed by atoms with Gasteiger partial charge in [-0.2, -0.15) is 0 Å². The summed E-state index contributed by atoms with van der Waals surface area (Å²) < 4.78 is 5.43. The lowest BCUT2D eigenvalue weighted by atomic mass is 10.1. The Bertz CT molecular complexity index is 904. The Morgan fingerprint density at radius 2 is 2.09 bits per heavy atom. The molecule has 0 atom stereocenters. The van der Waals surface area contributed by atoms with Gasteiger partial charge in [-0.1, -0.05) is 12.1 Å². The molecule has 2 heterocycles. The van der Waals surface area contributed by atoms with Crippen LogP contribution < -0.4 is 11.5 Å². The first-order valence-electron chi connectivity index (χ1n) is 7.11. The van der Waals surface area contributed by atoms with Crippen molar-refractivity contribution in [3.05, 3.63) is 35.0 Å². The van der Waals surface area contributed by atoms with Gasteiger partial charge in [-0.15, -0.1) is 11.3 Å². The molecule has 0 unspecified atom stereocenters. The fourth-order valence-corrected chi connectivity index (χ4v) is 3.76. The zero-order valence-corrected chi connectivity index (χ0v) is 14.4. The average molecular weight is 344 g/mol. The molecule has 3 aromatic rings. The van der Waals surface area contributed by atoms with E-state index < -0.39 is 0 Å². The van der Waals surface area contributed by atoms with Crippen LogP contribution in [0.25, 0.3) is 21.5 Å². The van der Waals surface area contributed by atoms with Gasteiger partial charge < -0.3 is 16.2 Å². The lowest BCUT2D eigenvalue weighted by Crippen LogP contribution is -2.03. The third-order valence-electron chi connectivity index (χ3n) is 3.32. The molecular formula is C16H16N4OS2. The molecule has 2 aromatic heterocycles. The molecule has 7 heteroatoms. The monoisotopic (exact) mass is 344 g/mol. The number of nitrogens with two attached hydrogens (primary N) is 2. The van der Waals surface area contributed by atoms with Crippen LogP contribution in [0.5, 0.6) is 0 Å². The number of benzene rings is 1. The summed E-state index contributed by atoms with van der Waals surface area (Å²) in [7, 11) is 0. The van der Waals surface area contributed by atoms with Crippen molar-refractivity contribution >= 4 is 50.2 Å². The topological polar surface area (TPSA) is 87.0 Å². The molecular weight excluding hydrogens is 328 g/mol. The summed E-state index contributed by atoms with van der Waals surface area (Å²) >= 11 is 6.73. The number of hydrogen-bond donors (Lipinski definition) is 2. The second-order valence-corrected chi connectivity index (χ2v) is 6.36. The molecule has 0 saturated heterocycles. The largest absolute Gasteiger partial charge is 0.483 e. The van der Waals surface area contributed by atoms with Gasteiger partial charge in [0.15, 0.2) is 0 Å². The van der Waals surface area contributed by atoms with Crippen LogP contribution in [-0.2, 0) is 4.74 Å². The number of hydrogen-bond acceptors (Lipinski definition) is 7. The number of aromatic nitrogens is 2. The van der Waals surface area contributed by atoms with Gasteiger partial charge in [0.25, 0.3) is 0 Å². The highest BCUT2D eigenvalue weighted by Crippen LogP contribution is 2.39. The maximum absolute atomic E-state index is 6.33. The molecule has 5 nitrogen and oxygen atoms in total. The van der Waals surface area contributed by atoms with E-state index in [1.54, 1.807) is 0 Å². The first-order chi connectivity index (χ1) is 11.0. The van der Waals surface area contributed by atoms with E-state index in [1.807, 2.05) is 38.1 Å². The third-order valence-corrected chi connectivity index (χ3v) is 4.87. The van der Waals surface area contributed by atoms with Crippen LogP contribution in [0.1, 0.15) is 17.6 Å². The van der Waals surface area contributed by atoms with Crippen LogP contribution in [0.15, 0.2) is 24.3 Å². The molecule has 0 bridgehead atoms. The van der Waals surface area contributed by atoms with Gasteiger partial charge in [0, 0.05) is 11.3 Å². The molecule has 0 amide bonds. The number of nitrogens with zero attached hydrogens (tertiary/aromatic N) is 2. The first kappa shape index (κ1) is 15.6. The smallest absolute Gasteiger partial charge is 0.203 e. The van der Waals surface area contributed by atoms with Gasteiger partial charge in [0.05, 0.1) is 23.4 Å². The van der Waals surface area contributed by atoms with Crippen molar-refractivity contribution in [2.45, 2.75) is 13.8 Å². The standard InChI is InChI=1S/C16H16N4OS2/c1-3-21-16(22)14-12(18)11-13(9-5-4-6-10(17)7-9)19-8(2)20-15(11)23-14/h4-7H,3,17-18H2,1-2H3. The van der Waals surface area contributed by atoms with Crippen molar-refractivity contribution < 1.29 is 4.74 Å². The third kappa shape index (κ3) is 2.85. The maximum atomic E-state index is 6.33. The summed E-state index contributed by atoms with van der Waals surface area (Å²) in [5.41, 5.74) is 15.1. The molecule has 0 radical (unpaired) electrons. The summed E-state index contributed by atoms with van der Waals surface area (Å²) in [5, 5.41) is 1.19. The van der Waals surface area contributed by atoms with E-state index in [0.717, 1.165) is 26.4 Å². The summed E-state index contributed by atoms with van der Waals surface area (Å²) in [4.78, 5) is 10.6. The van der Waals surface area contributed by atoms with Crippen LogP contribution >= 0.6 is 23.6 Å². The summed E-state index contributed by atoms with van der Waals surface area (Å²) in [5.74, 6) is 0.671. The minimum atomic E-state index is 0.393. The lowest BCUT2D eigenvalue weighted by Gasteiger charge is -2.06. The fraction of sp³-hybridized carbons (Fsp3) is 0.188. The highest BCUT2D eigenvalue weighted by molar-refractivity contribution is 7.81. The van der Waals surface area contributed by atoms with Crippen molar-refractivity contribution in [1.29, 1.82) is 0 Å². The minimum absolute atomic E-state index is 0.393. The van der Waals surface area contributed by atoms with Gasteiger partial charge in [-0.05, 0) is 38.2 Å². The van der Waals surface area contributed by atoms with E-state index in [-0.39, 0.29) is 0 Å². The Morgan fingerprint density at radius 1 is 1.30 bits per heavy atom. The van der Waals surface area contributed by atoms with E-state index in [0.29, 0.717) is 28.9 Å². The Morgan fingerprint density at radius 3 is 2.78 bits per heavy atom. The van der Waals surface area contributed by atoms with Crippen LogP contribution in [0.2, 0.25) is 0 Å². The van der Waals surface area contributed by atoms with Gasteiger partial charge in [0.1, 0.15) is 15.5 Å². The second-order valence-electron chi connectivity index (χ2n) is 4.99. The van der Waals surface area contributed by atoms with E-state index in [9.17, 15) is 0 Å². The summed E-state index contributed by atoms with van der Waals surface area (Å²) in [6, 6.07) is 7.55. The quantitative estimate of drug-likeness (QED) is 0.558. The average Bonchev–Trinajstić information content (AvgIpc) is 2.83. The van der Waals surface area contributed by atoms with Crippen molar-refractivity contribution in [2.75, 3.05) is 18.1 Å². The van der Waals surface area contributed by atoms with Gasteiger partial charge in [-0.25, -0.2) is 9.97 Å². The molecule has 0 saturated carbocycles. The van der Waals surface area contributed by atoms with Gasteiger partial charge in [0.2, 0.25) is 5.05 Å². The number of rotatable bonds is 3. The van der Waals surface area contributed by atoms with Crippen LogP contribution in [-0.4, -0.2) is 21.6 Å². The molecule has 23 heavy (non-hydrogen) atoms. The SMILES string of the molecule is CCOC(=S)c1sc2nc(C)nc(-c3cccc(N)c3)c2c1N. The zero-order chi connectivity index (χ0) is 16.6.